The molecule has 0 unspecified atom stereocenters. The fourth-order valence-electron chi connectivity index (χ4n) is 11.5. The van der Waals surface area contributed by atoms with E-state index < -0.39 is 5.41 Å². The Balaban J connectivity index is 1.10. The summed E-state index contributed by atoms with van der Waals surface area (Å²) in [6.45, 7) is 17.7. The minimum absolute atomic E-state index is 0.747. The van der Waals surface area contributed by atoms with Crippen molar-refractivity contribution in [3.05, 3.63) is 231 Å². The molecule has 4 nitrogen and oxygen atoms in total. The monoisotopic (exact) mass is 1140 g/mol. The molecule has 12 heteroatoms. The highest BCUT2D eigenvalue weighted by molar-refractivity contribution is 7.20. The van der Waals surface area contributed by atoms with Gasteiger partial charge in [-0.25, -0.2) is 0 Å². The molecule has 12 aromatic rings. The molecule has 0 fully saturated rings. The highest BCUT2D eigenvalue weighted by atomic mass is 32.1. The first-order chi connectivity index (χ1) is 37.4. The minimum Gasteiger partial charge on any atom is -0.293 e. The summed E-state index contributed by atoms with van der Waals surface area (Å²) in [4.78, 5) is 19.0. The van der Waals surface area contributed by atoms with E-state index in [0.29, 0.717) is 0 Å². The first-order valence-corrected chi connectivity index (χ1v) is 32.3. The normalized spacial score (nSPS) is 12.8. The Morgan fingerprint density at radius 2 is 0.494 bits per heavy atom. The average Bonchev–Trinajstić information content (AvgIpc) is 3.75. The lowest BCUT2D eigenvalue weighted by atomic mass is 9.70. The summed E-state index contributed by atoms with van der Waals surface area (Å²) in [6, 6.07) is 63.7. The molecule has 0 aliphatic heterocycles. The van der Waals surface area contributed by atoms with Crippen molar-refractivity contribution < 1.29 is 0 Å². The summed E-state index contributed by atoms with van der Waals surface area (Å²) in [5, 5.41) is 12.0. The van der Waals surface area contributed by atoms with E-state index in [0.717, 1.165) is 22.7 Å². The van der Waals surface area contributed by atoms with Crippen molar-refractivity contribution in [2.75, 3.05) is 19.6 Å². The first-order valence-electron chi connectivity index (χ1n) is 25.7. The maximum Gasteiger partial charge on any atom is 0.101 e. The third kappa shape index (κ3) is 8.17. The van der Waals surface area contributed by atoms with E-state index in [1.165, 1.54) is 124 Å². The van der Waals surface area contributed by atoms with E-state index >= 15 is 0 Å². The lowest BCUT2D eigenvalue weighted by Gasteiger charge is -2.34. The smallest absolute Gasteiger partial charge is 0.101 e. The minimum atomic E-state index is -0.747. The number of aryl methyl sites for hydroxylation is 8. The second-order valence-corrected chi connectivity index (χ2v) is 29.9. The van der Waals surface area contributed by atoms with Crippen LogP contribution in [0.4, 0.5) is 62.8 Å². The van der Waals surface area contributed by atoms with Crippen molar-refractivity contribution in [2.24, 2.45) is 0 Å². The molecule has 0 saturated heterocycles. The summed E-state index contributed by atoms with van der Waals surface area (Å²) in [5.41, 5.74) is 15.4. The third-order valence-corrected chi connectivity index (χ3v) is 22.7. The van der Waals surface area contributed by atoms with Crippen LogP contribution >= 0.6 is 90.7 Å². The molecule has 14 rings (SSSR count). The number of hydrogen-bond acceptors (Lipinski definition) is 12. The molecule has 0 bridgehead atoms. The van der Waals surface area contributed by atoms with Crippen LogP contribution in [-0.4, -0.2) is 0 Å². The molecule has 2 aliphatic carbocycles. The number of thiophene rings is 8. The van der Waals surface area contributed by atoms with Crippen LogP contribution in [0.1, 0.15) is 62.0 Å². The van der Waals surface area contributed by atoms with Crippen LogP contribution < -0.4 is 19.6 Å². The molecule has 77 heavy (non-hydrogen) atoms. The van der Waals surface area contributed by atoms with Crippen LogP contribution in [0.3, 0.4) is 0 Å². The van der Waals surface area contributed by atoms with Gasteiger partial charge in [0.15, 0.2) is 0 Å². The van der Waals surface area contributed by atoms with Crippen molar-refractivity contribution >= 4 is 153 Å². The van der Waals surface area contributed by atoms with E-state index in [-0.39, 0.29) is 0 Å². The Bertz CT molecular complexity index is 3530. The van der Waals surface area contributed by atoms with Gasteiger partial charge in [0.25, 0.3) is 0 Å². The lowest BCUT2D eigenvalue weighted by Crippen LogP contribution is -2.27. The molecule has 4 aromatic carbocycles. The van der Waals surface area contributed by atoms with E-state index in [4.69, 9.17) is 0 Å². The average molecular weight is 1150 g/mol. The predicted octanol–water partition coefficient (Wildman–Crippen LogP) is 22.9. The molecule has 0 N–H and O–H groups in total. The molecule has 0 amide bonds. The van der Waals surface area contributed by atoms with Gasteiger partial charge < -0.3 is 0 Å². The van der Waals surface area contributed by atoms with Gasteiger partial charge in [-0.2, -0.15) is 0 Å². The second kappa shape index (κ2) is 19.0. The van der Waals surface area contributed by atoms with Gasteiger partial charge in [-0.15, -0.1) is 90.7 Å². The number of nitrogens with zero attached hydrogens (tertiary/aromatic N) is 4. The topological polar surface area (TPSA) is 13.0 Å². The molecule has 8 heterocycles. The van der Waals surface area contributed by atoms with Crippen molar-refractivity contribution in [1.29, 1.82) is 0 Å². The Labute approximate surface area is 482 Å². The van der Waals surface area contributed by atoms with Crippen LogP contribution in [-0.2, 0) is 5.41 Å². The van der Waals surface area contributed by atoms with Gasteiger partial charge in [-0.05, 0) is 250 Å². The number of benzene rings is 4. The van der Waals surface area contributed by atoms with Crippen LogP contribution in [0.5, 0.6) is 0 Å². The number of rotatable bonds is 12. The summed E-state index contributed by atoms with van der Waals surface area (Å²) in [5.74, 6) is 0. The van der Waals surface area contributed by atoms with Gasteiger partial charge in [0.05, 0.1) is 5.41 Å². The van der Waals surface area contributed by atoms with Crippen LogP contribution in [0.2, 0.25) is 0 Å². The van der Waals surface area contributed by atoms with E-state index in [2.05, 4.69) is 244 Å². The molecular weight excluding hydrogens is 1090 g/mol. The Kier molecular flexibility index (Phi) is 12.1. The molecule has 0 atom stereocenters. The summed E-state index contributed by atoms with van der Waals surface area (Å²) < 4.78 is 0. The van der Waals surface area contributed by atoms with Crippen molar-refractivity contribution in [3.63, 3.8) is 0 Å². The fourth-order valence-corrected chi connectivity index (χ4v) is 19.0. The SMILES string of the molecule is Cc1csc(N(c2ccc3c(c2)C2(c4cc(N(c5ccc(C)s5)c5ccc(C)s5)ccc4-3)c3cc(N(c4ccc(C)s4)c4ccc(C)s4)ccc3-c3ccc(N(c4ccc(C)s4)c4ccc(C)s4)cc32)c2ccc(C)s2)c1. The Morgan fingerprint density at radius 3 is 0.688 bits per heavy atom. The van der Waals surface area contributed by atoms with Gasteiger partial charge in [0.2, 0.25) is 0 Å². The van der Waals surface area contributed by atoms with E-state index in [9.17, 15) is 0 Å². The van der Waals surface area contributed by atoms with Crippen LogP contribution in [0.25, 0.3) is 22.3 Å². The first kappa shape index (κ1) is 49.0. The zero-order valence-corrected chi connectivity index (χ0v) is 50.3. The molecule has 380 valence electrons. The zero-order chi connectivity index (χ0) is 52.4. The fraction of sp³-hybridized carbons (Fsp3) is 0.138. The maximum absolute atomic E-state index is 2.56. The van der Waals surface area contributed by atoms with Gasteiger partial charge in [0, 0.05) is 56.9 Å². The van der Waals surface area contributed by atoms with Crippen molar-refractivity contribution in [2.45, 2.75) is 60.8 Å². The molecule has 0 radical (unpaired) electrons. The predicted molar refractivity (Wildman–Crippen MR) is 342 cm³/mol. The van der Waals surface area contributed by atoms with Gasteiger partial charge >= 0.3 is 0 Å². The zero-order valence-electron chi connectivity index (χ0n) is 43.7. The molecule has 8 aromatic heterocycles. The molecule has 2 aliphatic rings. The third-order valence-electron chi connectivity index (χ3n) is 14.8. The maximum atomic E-state index is 2.56. The van der Waals surface area contributed by atoms with Crippen molar-refractivity contribution in [3.8, 4) is 22.3 Å². The molecule has 1 spiro atoms. The quantitative estimate of drug-likeness (QED) is 0.121. The summed E-state index contributed by atoms with van der Waals surface area (Å²) >= 11 is 14.8. The standard InChI is InChI=1S/C65H52N4S8/c1-37-31-64(70-36-37)69(63-30-15-44(8)77-63)48-19-23-52-51-22-18-47(68(61-28-13-42(6)75-61)62-29-14-43(7)76-62)34-55(51)65(56(52)35-48)53-32-45(66(57-24-9-38(2)71-57)58-25-10-39(3)72-58)16-20-49(53)50-21-17-46(33-54(50)65)67(59-26-11-40(4)73-59)60-27-12-41(5)74-60/h9-36H,1-8H3. The molecule has 0 saturated carbocycles. The number of hydrogen-bond donors (Lipinski definition) is 0. The van der Waals surface area contributed by atoms with Crippen molar-refractivity contribution in [1.82, 2.24) is 0 Å². The lowest BCUT2D eigenvalue weighted by molar-refractivity contribution is 0.793. The van der Waals surface area contributed by atoms with E-state index in [1.54, 1.807) is 0 Å². The highest BCUT2D eigenvalue weighted by Gasteiger charge is 2.53. The van der Waals surface area contributed by atoms with E-state index in [1.807, 2.05) is 90.7 Å². The number of fused-ring (bicyclic) bond motifs is 10. The molecular formula is C65H52N4S8. The Hall–Kier alpha value is -6.32. The summed E-state index contributed by atoms with van der Waals surface area (Å²) in [7, 11) is 0. The Morgan fingerprint density at radius 1 is 0.260 bits per heavy atom. The second-order valence-electron chi connectivity index (χ2n) is 20.2. The summed E-state index contributed by atoms with van der Waals surface area (Å²) in [6.07, 6.45) is 0. The van der Waals surface area contributed by atoms with Crippen LogP contribution in [0, 0.1) is 55.4 Å². The van der Waals surface area contributed by atoms with Gasteiger partial charge in [0.1, 0.15) is 40.0 Å². The number of anilines is 12. The largest absolute Gasteiger partial charge is 0.293 e. The van der Waals surface area contributed by atoms with Gasteiger partial charge in [-0.1, -0.05) is 24.3 Å². The highest BCUT2D eigenvalue weighted by Crippen LogP contribution is 2.66. The van der Waals surface area contributed by atoms with Gasteiger partial charge in [-0.3, -0.25) is 19.6 Å². The van der Waals surface area contributed by atoms with Crippen LogP contribution in [0.15, 0.2) is 169 Å².